The van der Waals surface area contributed by atoms with Gasteiger partial charge in [0.25, 0.3) is 0 Å². The van der Waals surface area contributed by atoms with Gasteiger partial charge < -0.3 is 5.32 Å². The van der Waals surface area contributed by atoms with Crippen LogP contribution < -0.4 is 5.32 Å². The Kier molecular flexibility index (Phi) is 5.95. The lowest BCUT2D eigenvalue weighted by Gasteiger charge is -2.24. The Labute approximate surface area is 182 Å². The van der Waals surface area contributed by atoms with Gasteiger partial charge in [0.05, 0.1) is 5.69 Å². The first-order valence-electron chi connectivity index (χ1n) is 10.4. The number of carbonyl (C=O) groups excluding carboxylic acids is 2. The molecule has 0 radical (unpaired) electrons. The quantitative estimate of drug-likeness (QED) is 0.709. The highest BCUT2D eigenvalue weighted by Gasteiger charge is 2.45. The molecule has 1 saturated heterocycles. The van der Waals surface area contributed by atoms with E-state index in [1.54, 1.807) is 0 Å². The number of aryl methyl sites for hydroxylation is 2. The van der Waals surface area contributed by atoms with Gasteiger partial charge in [-0.25, -0.2) is 4.99 Å². The number of nitrogens with zero attached hydrogens (tertiary/aromatic N) is 2. The van der Waals surface area contributed by atoms with Crippen LogP contribution in [-0.4, -0.2) is 33.2 Å². The Hall–Kier alpha value is -2.60. The van der Waals surface area contributed by atoms with Gasteiger partial charge in [-0.1, -0.05) is 42.1 Å². The Morgan fingerprint density at radius 1 is 1.20 bits per heavy atom. The van der Waals surface area contributed by atoms with Crippen molar-refractivity contribution in [3.63, 3.8) is 0 Å². The van der Waals surface area contributed by atoms with Gasteiger partial charge >= 0.3 is 0 Å². The number of benzene rings is 2. The molecular formula is C24H27N3O2S. The van der Waals surface area contributed by atoms with Crippen LogP contribution in [0.15, 0.2) is 53.5 Å². The summed E-state index contributed by atoms with van der Waals surface area (Å²) in [5, 5.41) is 3.24. The molecule has 5 nitrogen and oxygen atoms in total. The largest absolute Gasteiger partial charge is 0.326 e. The average molecular weight is 422 g/mol. The number of aliphatic imine (C=N–C) groups is 1. The van der Waals surface area contributed by atoms with Crippen LogP contribution in [0.5, 0.6) is 0 Å². The molecule has 1 saturated carbocycles. The van der Waals surface area contributed by atoms with E-state index in [1.165, 1.54) is 11.8 Å². The van der Waals surface area contributed by atoms with E-state index >= 15 is 0 Å². The second-order valence-electron chi connectivity index (χ2n) is 8.19. The van der Waals surface area contributed by atoms with Crippen molar-refractivity contribution in [2.24, 2.45) is 10.9 Å². The Morgan fingerprint density at radius 2 is 1.93 bits per heavy atom. The summed E-state index contributed by atoms with van der Waals surface area (Å²) < 4.78 is 0. The minimum atomic E-state index is -0.446. The van der Waals surface area contributed by atoms with E-state index in [9.17, 15) is 9.59 Å². The molecule has 2 atom stereocenters. The lowest BCUT2D eigenvalue weighted by atomic mass is 10.1. The Balaban J connectivity index is 1.52. The van der Waals surface area contributed by atoms with Crippen LogP contribution in [-0.2, 0) is 9.59 Å². The topological polar surface area (TPSA) is 61.8 Å². The zero-order chi connectivity index (χ0) is 21.3. The molecular weight excluding hydrogens is 394 g/mol. The van der Waals surface area contributed by atoms with Gasteiger partial charge in [0.1, 0.15) is 5.25 Å². The number of amides is 2. The molecule has 0 unspecified atom stereocenters. The molecule has 1 heterocycles. The number of anilines is 1. The lowest BCUT2D eigenvalue weighted by molar-refractivity contribution is -0.129. The molecule has 6 heteroatoms. The molecule has 2 aromatic carbocycles. The number of nitrogens with one attached hydrogen (secondary N) is 1. The molecule has 2 fully saturated rings. The van der Waals surface area contributed by atoms with Crippen molar-refractivity contribution in [2.45, 2.75) is 51.3 Å². The van der Waals surface area contributed by atoms with Crippen LogP contribution in [0.2, 0.25) is 0 Å². The number of rotatable bonds is 6. The van der Waals surface area contributed by atoms with E-state index in [2.05, 4.69) is 12.2 Å². The second kappa shape index (κ2) is 8.64. The van der Waals surface area contributed by atoms with Gasteiger partial charge in [0, 0.05) is 18.2 Å². The van der Waals surface area contributed by atoms with Gasteiger partial charge in [-0.3, -0.25) is 14.5 Å². The summed E-state index contributed by atoms with van der Waals surface area (Å²) in [5.41, 5.74) is 3.72. The van der Waals surface area contributed by atoms with Crippen molar-refractivity contribution in [1.82, 2.24) is 4.90 Å². The Bertz CT molecular complexity index is 985. The second-order valence-corrected chi connectivity index (χ2v) is 9.36. The van der Waals surface area contributed by atoms with Gasteiger partial charge in [-0.2, -0.15) is 0 Å². The SMILES string of the molecule is Cc1ccc(C)c(NC(=O)C[C@H]2SC(=Nc3ccccc3)N([C@H](C)C3CC3)C2=O)c1. The van der Waals surface area contributed by atoms with Gasteiger partial charge in [-0.05, 0) is 68.9 Å². The molecule has 2 aliphatic rings. The number of hydrogen-bond donors (Lipinski definition) is 1. The van der Waals surface area contributed by atoms with Crippen molar-refractivity contribution in [3.8, 4) is 0 Å². The molecule has 30 heavy (non-hydrogen) atoms. The molecule has 2 amide bonds. The van der Waals surface area contributed by atoms with E-state index in [4.69, 9.17) is 4.99 Å². The Morgan fingerprint density at radius 3 is 2.63 bits per heavy atom. The van der Waals surface area contributed by atoms with Gasteiger partial charge in [0.2, 0.25) is 11.8 Å². The molecule has 4 rings (SSSR count). The van der Waals surface area contributed by atoms with Gasteiger partial charge in [-0.15, -0.1) is 0 Å². The third kappa shape index (κ3) is 4.59. The maximum Gasteiger partial charge on any atom is 0.242 e. The maximum absolute atomic E-state index is 13.2. The highest BCUT2D eigenvalue weighted by atomic mass is 32.2. The van der Waals surface area contributed by atoms with E-state index in [-0.39, 0.29) is 24.3 Å². The van der Waals surface area contributed by atoms with Gasteiger partial charge in [0.15, 0.2) is 5.17 Å². The molecule has 156 valence electrons. The molecule has 1 aliphatic carbocycles. The number of thioether (sulfide) groups is 1. The minimum Gasteiger partial charge on any atom is -0.326 e. The van der Waals surface area contributed by atoms with Crippen molar-refractivity contribution < 1.29 is 9.59 Å². The highest BCUT2D eigenvalue weighted by molar-refractivity contribution is 8.15. The first-order chi connectivity index (χ1) is 14.4. The number of para-hydroxylation sites is 1. The lowest BCUT2D eigenvalue weighted by Crippen LogP contribution is -2.41. The zero-order valence-corrected chi connectivity index (χ0v) is 18.4. The summed E-state index contributed by atoms with van der Waals surface area (Å²) in [6.45, 7) is 6.05. The average Bonchev–Trinajstić information content (AvgIpc) is 3.52. The fourth-order valence-electron chi connectivity index (χ4n) is 3.71. The van der Waals surface area contributed by atoms with Crippen LogP contribution in [0.3, 0.4) is 0 Å². The maximum atomic E-state index is 13.2. The summed E-state index contributed by atoms with van der Waals surface area (Å²) >= 11 is 1.41. The summed E-state index contributed by atoms with van der Waals surface area (Å²) in [6, 6.07) is 15.8. The van der Waals surface area contributed by atoms with Crippen LogP contribution in [0.4, 0.5) is 11.4 Å². The molecule has 0 bridgehead atoms. The van der Waals surface area contributed by atoms with E-state index < -0.39 is 5.25 Å². The van der Waals surface area contributed by atoms with E-state index in [0.29, 0.717) is 11.1 Å². The van der Waals surface area contributed by atoms with Crippen LogP contribution in [0.25, 0.3) is 0 Å². The molecule has 0 aromatic heterocycles. The van der Waals surface area contributed by atoms with Crippen molar-refractivity contribution in [2.75, 3.05) is 5.32 Å². The molecule has 2 aromatic rings. The van der Waals surface area contributed by atoms with Crippen molar-refractivity contribution in [1.29, 1.82) is 0 Å². The fraction of sp³-hybridized carbons (Fsp3) is 0.375. The first kappa shape index (κ1) is 20.7. The van der Waals surface area contributed by atoms with Crippen LogP contribution >= 0.6 is 11.8 Å². The molecule has 0 spiro atoms. The van der Waals surface area contributed by atoms with E-state index in [0.717, 1.165) is 35.3 Å². The zero-order valence-electron chi connectivity index (χ0n) is 17.6. The third-order valence-corrected chi connectivity index (χ3v) is 6.85. The van der Waals surface area contributed by atoms with Crippen LogP contribution in [0.1, 0.15) is 37.3 Å². The summed E-state index contributed by atoms with van der Waals surface area (Å²) in [6.07, 6.45) is 2.43. The predicted octanol–water partition coefficient (Wildman–Crippen LogP) is 5.06. The molecule has 1 N–H and O–H groups in total. The molecule has 1 aliphatic heterocycles. The normalized spacial score (nSPS) is 21.2. The first-order valence-corrected chi connectivity index (χ1v) is 11.3. The smallest absolute Gasteiger partial charge is 0.242 e. The number of carbonyl (C=O) groups is 2. The summed E-state index contributed by atoms with van der Waals surface area (Å²) in [4.78, 5) is 32.5. The van der Waals surface area contributed by atoms with Crippen LogP contribution in [0, 0.1) is 19.8 Å². The predicted molar refractivity (Wildman–Crippen MR) is 123 cm³/mol. The summed E-state index contributed by atoms with van der Waals surface area (Å²) in [5.74, 6) is 0.373. The van der Waals surface area contributed by atoms with Crippen molar-refractivity contribution in [3.05, 3.63) is 59.7 Å². The summed E-state index contributed by atoms with van der Waals surface area (Å²) in [7, 11) is 0. The third-order valence-electron chi connectivity index (χ3n) is 5.70. The minimum absolute atomic E-state index is 0.00908. The number of amidine groups is 1. The van der Waals surface area contributed by atoms with Crippen molar-refractivity contribution >= 4 is 40.1 Å². The number of hydrogen-bond acceptors (Lipinski definition) is 4. The van der Waals surface area contributed by atoms with E-state index in [1.807, 2.05) is 67.3 Å². The monoisotopic (exact) mass is 421 g/mol. The fourth-order valence-corrected chi connectivity index (χ4v) is 4.94. The highest BCUT2D eigenvalue weighted by Crippen LogP contribution is 2.41. The standard InChI is InChI=1S/C24H27N3O2S/c1-15-9-10-16(2)20(13-15)26-22(28)14-21-23(29)27(17(3)18-11-12-18)24(30-21)25-19-7-5-4-6-8-19/h4-10,13,17-18,21H,11-12,14H2,1-3H3,(H,26,28)/t17-,21-/m1/s1.